The molecule has 108 valence electrons. The number of aryl methyl sites for hydroxylation is 2. The summed E-state index contributed by atoms with van der Waals surface area (Å²) < 4.78 is 6.83. The van der Waals surface area contributed by atoms with Crippen LogP contribution in [0.3, 0.4) is 0 Å². The highest BCUT2D eigenvalue weighted by Crippen LogP contribution is 2.27. The van der Waals surface area contributed by atoms with Crippen LogP contribution in [-0.4, -0.2) is 19.9 Å². The number of hydrogen-bond donors (Lipinski definition) is 1. The highest BCUT2D eigenvalue weighted by atomic mass is 32.2. The number of benzene rings is 1. The van der Waals surface area contributed by atoms with Gasteiger partial charge in [0.15, 0.2) is 5.82 Å². The molecule has 21 heavy (non-hydrogen) atoms. The summed E-state index contributed by atoms with van der Waals surface area (Å²) in [5.74, 6) is 2.20. The summed E-state index contributed by atoms with van der Waals surface area (Å²) in [6.07, 6.45) is 1.63. The van der Waals surface area contributed by atoms with E-state index >= 15 is 0 Å². The molecule has 6 nitrogen and oxygen atoms in total. The smallest absolute Gasteiger partial charge is 0.263 e. The van der Waals surface area contributed by atoms with Gasteiger partial charge in [-0.2, -0.15) is 10.1 Å². The predicted octanol–water partition coefficient (Wildman–Crippen LogP) is 2.65. The minimum Gasteiger partial charge on any atom is -0.383 e. The molecule has 3 rings (SSSR count). The molecule has 0 amide bonds. The van der Waals surface area contributed by atoms with E-state index in [1.807, 2.05) is 12.1 Å². The van der Waals surface area contributed by atoms with Crippen molar-refractivity contribution in [3.05, 3.63) is 41.9 Å². The van der Waals surface area contributed by atoms with Gasteiger partial charge in [-0.15, -0.1) is 11.8 Å². The van der Waals surface area contributed by atoms with Crippen LogP contribution in [-0.2, 0) is 12.8 Å². The minimum atomic E-state index is 0.404. The van der Waals surface area contributed by atoms with Crippen molar-refractivity contribution in [2.24, 2.45) is 7.05 Å². The fourth-order valence-electron chi connectivity index (χ4n) is 1.89. The van der Waals surface area contributed by atoms with Crippen molar-refractivity contribution in [1.82, 2.24) is 19.9 Å². The molecule has 1 aromatic carbocycles. The second-order valence-corrected chi connectivity index (χ2v) is 5.65. The van der Waals surface area contributed by atoms with Crippen LogP contribution in [0.15, 0.2) is 39.9 Å². The van der Waals surface area contributed by atoms with Crippen LogP contribution in [0.5, 0.6) is 0 Å². The third-order valence-corrected chi connectivity index (χ3v) is 4.31. The second kappa shape index (κ2) is 5.61. The van der Waals surface area contributed by atoms with Crippen molar-refractivity contribution in [3.8, 4) is 11.5 Å². The lowest BCUT2D eigenvalue weighted by Crippen LogP contribution is -1.98. The van der Waals surface area contributed by atoms with E-state index in [-0.39, 0.29) is 0 Å². The first-order chi connectivity index (χ1) is 10.1. The molecule has 0 unspecified atom stereocenters. The van der Waals surface area contributed by atoms with Crippen LogP contribution in [0.2, 0.25) is 0 Å². The second-order valence-electron chi connectivity index (χ2n) is 4.64. The van der Waals surface area contributed by atoms with E-state index in [4.69, 9.17) is 10.3 Å². The molecule has 0 bridgehead atoms. The Morgan fingerprint density at radius 1 is 1.33 bits per heavy atom. The molecule has 2 heterocycles. The zero-order valence-corrected chi connectivity index (χ0v) is 12.6. The number of anilines is 1. The van der Waals surface area contributed by atoms with Gasteiger partial charge in [0.2, 0.25) is 0 Å². The lowest BCUT2D eigenvalue weighted by atomic mass is 10.2. The van der Waals surface area contributed by atoms with Crippen LogP contribution in [0.25, 0.3) is 11.5 Å². The number of aromatic nitrogens is 4. The SMILES string of the molecule is Cc1ccccc1SCc1noc(-c2cnn(C)c2N)n1. The molecule has 0 spiro atoms. The Labute approximate surface area is 126 Å². The van der Waals surface area contributed by atoms with E-state index in [0.29, 0.717) is 28.8 Å². The van der Waals surface area contributed by atoms with Gasteiger partial charge in [-0.1, -0.05) is 23.4 Å². The number of nitrogens with zero attached hydrogens (tertiary/aromatic N) is 4. The Bertz CT molecular complexity index is 764. The first kappa shape index (κ1) is 13.7. The summed E-state index contributed by atoms with van der Waals surface area (Å²) in [6, 6.07) is 8.21. The monoisotopic (exact) mass is 301 g/mol. The molecule has 2 aromatic heterocycles. The first-order valence-electron chi connectivity index (χ1n) is 6.44. The number of hydrogen-bond acceptors (Lipinski definition) is 6. The molecule has 7 heteroatoms. The number of thioether (sulfide) groups is 1. The van der Waals surface area contributed by atoms with Gasteiger partial charge in [-0.3, -0.25) is 4.68 Å². The molecule has 0 aliphatic rings. The van der Waals surface area contributed by atoms with Crippen molar-refractivity contribution in [1.29, 1.82) is 0 Å². The van der Waals surface area contributed by atoms with Crippen LogP contribution < -0.4 is 5.73 Å². The summed E-state index contributed by atoms with van der Waals surface area (Å²) >= 11 is 1.68. The Morgan fingerprint density at radius 2 is 2.14 bits per heavy atom. The van der Waals surface area contributed by atoms with Gasteiger partial charge in [0.25, 0.3) is 5.89 Å². The van der Waals surface area contributed by atoms with Crippen LogP contribution >= 0.6 is 11.8 Å². The van der Waals surface area contributed by atoms with E-state index in [1.54, 1.807) is 29.7 Å². The maximum atomic E-state index is 5.90. The predicted molar refractivity (Wildman–Crippen MR) is 81.7 cm³/mol. The number of nitrogens with two attached hydrogens (primary N) is 1. The fourth-order valence-corrected chi connectivity index (χ4v) is 2.77. The molecule has 0 radical (unpaired) electrons. The molecule has 0 aliphatic heterocycles. The Kier molecular flexibility index (Phi) is 3.66. The van der Waals surface area contributed by atoms with E-state index in [1.165, 1.54) is 10.5 Å². The number of rotatable bonds is 4. The summed E-state index contributed by atoms with van der Waals surface area (Å²) in [5, 5.41) is 8.05. The van der Waals surface area contributed by atoms with Gasteiger partial charge >= 0.3 is 0 Å². The summed E-state index contributed by atoms with van der Waals surface area (Å²) in [6.45, 7) is 2.08. The lowest BCUT2D eigenvalue weighted by molar-refractivity contribution is 0.425. The summed E-state index contributed by atoms with van der Waals surface area (Å²) in [4.78, 5) is 5.58. The Balaban J connectivity index is 1.74. The third kappa shape index (κ3) is 2.78. The molecule has 0 saturated heterocycles. The zero-order valence-electron chi connectivity index (χ0n) is 11.8. The molecule has 3 aromatic rings. The standard InChI is InChI=1S/C14H15N5OS/c1-9-5-3-4-6-11(9)21-8-12-17-14(20-18-12)10-7-16-19(2)13(10)15/h3-7H,8,15H2,1-2H3. The Morgan fingerprint density at radius 3 is 2.86 bits per heavy atom. The molecular weight excluding hydrogens is 286 g/mol. The lowest BCUT2D eigenvalue weighted by Gasteiger charge is -2.01. The van der Waals surface area contributed by atoms with Crippen molar-refractivity contribution in [3.63, 3.8) is 0 Å². The average Bonchev–Trinajstić information content (AvgIpc) is 3.06. The van der Waals surface area contributed by atoms with Crippen molar-refractivity contribution >= 4 is 17.6 Å². The van der Waals surface area contributed by atoms with E-state index in [9.17, 15) is 0 Å². The molecule has 2 N–H and O–H groups in total. The van der Waals surface area contributed by atoms with Crippen molar-refractivity contribution < 1.29 is 4.52 Å². The van der Waals surface area contributed by atoms with E-state index in [0.717, 1.165) is 0 Å². The fraction of sp³-hybridized carbons (Fsp3) is 0.214. The van der Waals surface area contributed by atoms with Gasteiger partial charge in [0, 0.05) is 11.9 Å². The van der Waals surface area contributed by atoms with Gasteiger partial charge < -0.3 is 10.3 Å². The van der Waals surface area contributed by atoms with Gasteiger partial charge in [-0.25, -0.2) is 0 Å². The summed E-state index contributed by atoms with van der Waals surface area (Å²) in [7, 11) is 1.77. The molecule has 0 fully saturated rings. The zero-order chi connectivity index (χ0) is 14.8. The maximum Gasteiger partial charge on any atom is 0.263 e. The van der Waals surface area contributed by atoms with Crippen molar-refractivity contribution in [2.45, 2.75) is 17.6 Å². The first-order valence-corrected chi connectivity index (χ1v) is 7.42. The maximum absolute atomic E-state index is 5.90. The van der Waals surface area contributed by atoms with Gasteiger partial charge in [0.05, 0.1) is 11.9 Å². The Hall–Kier alpha value is -2.28. The average molecular weight is 301 g/mol. The molecular formula is C14H15N5OS. The van der Waals surface area contributed by atoms with Crippen molar-refractivity contribution in [2.75, 3.05) is 5.73 Å². The van der Waals surface area contributed by atoms with Crippen LogP contribution in [0.4, 0.5) is 5.82 Å². The number of nitrogen functional groups attached to an aromatic ring is 1. The normalized spacial score (nSPS) is 11.0. The highest BCUT2D eigenvalue weighted by Gasteiger charge is 2.15. The van der Waals surface area contributed by atoms with Gasteiger partial charge in [-0.05, 0) is 18.6 Å². The largest absolute Gasteiger partial charge is 0.383 e. The van der Waals surface area contributed by atoms with Crippen LogP contribution in [0.1, 0.15) is 11.4 Å². The highest BCUT2D eigenvalue weighted by molar-refractivity contribution is 7.98. The third-order valence-electron chi connectivity index (χ3n) is 3.13. The van der Waals surface area contributed by atoms with E-state index < -0.39 is 0 Å². The molecule has 0 saturated carbocycles. The summed E-state index contributed by atoms with van der Waals surface area (Å²) in [5.41, 5.74) is 7.80. The molecule has 0 aliphatic carbocycles. The van der Waals surface area contributed by atoms with Crippen LogP contribution in [0, 0.1) is 6.92 Å². The quantitative estimate of drug-likeness (QED) is 0.746. The van der Waals surface area contributed by atoms with E-state index in [2.05, 4.69) is 34.3 Å². The molecule has 0 atom stereocenters. The topological polar surface area (TPSA) is 82.8 Å². The van der Waals surface area contributed by atoms with Gasteiger partial charge in [0.1, 0.15) is 11.4 Å². The minimum absolute atomic E-state index is 0.404.